The van der Waals surface area contributed by atoms with Crippen LogP contribution in [-0.2, 0) is 14.9 Å². The number of hydrogen-bond acceptors (Lipinski definition) is 8. The number of nitrogens with one attached hydrogen (secondary N) is 1. The largest absolute Gasteiger partial charge is 0.497 e. The third-order valence-electron chi connectivity index (χ3n) is 3.19. The smallest absolute Gasteiger partial charge is 0.411 e. The van der Waals surface area contributed by atoms with E-state index >= 15 is 0 Å². The van der Waals surface area contributed by atoms with Gasteiger partial charge in [0.15, 0.2) is 4.90 Å². The van der Waals surface area contributed by atoms with E-state index in [2.05, 4.69) is 5.32 Å². The zero-order chi connectivity index (χ0) is 20.0. The number of nitro benzene ring substituents is 1. The molecule has 11 heteroatoms. The van der Waals surface area contributed by atoms with Gasteiger partial charge in [-0.15, -0.1) is 0 Å². The molecule has 2 rings (SSSR count). The molecule has 1 N–H and O–H groups in total. The molecule has 27 heavy (non-hydrogen) atoms. The minimum absolute atomic E-state index is 0.126. The van der Waals surface area contributed by atoms with Crippen molar-refractivity contribution in [3.63, 3.8) is 0 Å². The summed E-state index contributed by atoms with van der Waals surface area (Å²) in [4.78, 5) is 21.1. The van der Waals surface area contributed by atoms with Gasteiger partial charge < -0.3 is 13.7 Å². The van der Waals surface area contributed by atoms with Gasteiger partial charge in [-0.2, -0.15) is 8.42 Å². The fourth-order valence-electron chi connectivity index (χ4n) is 2.06. The molecule has 0 unspecified atom stereocenters. The summed E-state index contributed by atoms with van der Waals surface area (Å²) >= 11 is 0. The molecule has 2 aromatic rings. The van der Waals surface area contributed by atoms with Gasteiger partial charge in [0.05, 0.1) is 24.7 Å². The molecule has 0 saturated heterocycles. The minimum atomic E-state index is -4.51. The Morgan fingerprint density at radius 3 is 2.56 bits per heavy atom. The summed E-state index contributed by atoms with van der Waals surface area (Å²) in [6.45, 7) is 1.80. The Balaban J connectivity index is 2.32. The second-order valence-corrected chi connectivity index (χ2v) is 6.52. The van der Waals surface area contributed by atoms with Gasteiger partial charge in [-0.05, 0) is 31.2 Å². The van der Waals surface area contributed by atoms with Crippen LogP contribution in [0.4, 0.5) is 16.2 Å². The van der Waals surface area contributed by atoms with Gasteiger partial charge in [-0.3, -0.25) is 15.4 Å². The average Bonchev–Trinajstić information content (AvgIpc) is 2.61. The maximum atomic E-state index is 12.5. The summed E-state index contributed by atoms with van der Waals surface area (Å²) in [6.07, 6.45) is -0.719. The second-order valence-electron chi connectivity index (χ2n) is 5.00. The molecule has 1 amide bonds. The van der Waals surface area contributed by atoms with Crippen molar-refractivity contribution < 1.29 is 31.8 Å². The molecule has 0 atom stereocenters. The van der Waals surface area contributed by atoms with E-state index in [0.29, 0.717) is 0 Å². The van der Waals surface area contributed by atoms with Crippen molar-refractivity contribution in [3.05, 3.63) is 52.6 Å². The fraction of sp³-hybridized carbons (Fsp3) is 0.188. The molecule has 0 aliphatic carbocycles. The van der Waals surface area contributed by atoms with Crippen LogP contribution < -0.4 is 14.2 Å². The zero-order valence-electron chi connectivity index (χ0n) is 14.4. The lowest BCUT2D eigenvalue weighted by Gasteiger charge is -2.10. The van der Waals surface area contributed by atoms with Gasteiger partial charge in [0.2, 0.25) is 0 Å². The molecule has 0 saturated carbocycles. The van der Waals surface area contributed by atoms with Gasteiger partial charge in [0, 0.05) is 11.8 Å². The van der Waals surface area contributed by atoms with E-state index in [-0.39, 0.29) is 23.8 Å². The number of benzene rings is 2. The summed E-state index contributed by atoms with van der Waals surface area (Å²) in [5.41, 5.74) is -0.458. The molecule has 0 radical (unpaired) electrons. The van der Waals surface area contributed by atoms with Gasteiger partial charge in [0.1, 0.15) is 11.5 Å². The number of methoxy groups -OCH3 is 1. The highest BCUT2D eigenvalue weighted by molar-refractivity contribution is 7.87. The number of nitro groups is 1. The van der Waals surface area contributed by atoms with E-state index in [1.54, 1.807) is 6.92 Å². The molecule has 0 aliphatic rings. The number of nitrogens with zero attached hydrogens (tertiary/aromatic N) is 1. The number of carbonyl (C=O) groups excluding carboxylic acids is 1. The first-order valence-electron chi connectivity index (χ1n) is 7.57. The molecule has 10 nitrogen and oxygen atoms in total. The predicted molar refractivity (Wildman–Crippen MR) is 94.5 cm³/mol. The molecule has 0 heterocycles. The van der Waals surface area contributed by atoms with Crippen LogP contribution in [0, 0.1) is 10.1 Å². The van der Waals surface area contributed by atoms with E-state index in [1.807, 2.05) is 0 Å². The standard InChI is InChI=1S/C16H16N2O8S/c1-3-25-16(19)17-11-5-4-6-13(9-11)26-27(22,23)15-8-7-12(24-2)10-14(15)18(20)21/h4-10H,3H2,1-2H3,(H,17,19). The van der Waals surface area contributed by atoms with Crippen LogP contribution in [0.25, 0.3) is 0 Å². The monoisotopic (exact) mass is 396 g/mol. The van der Waals surface area contributed by atoms with Crippen molar-refractivity contribution in [2.45, 2.75) is 11.8 Å². The highest BCUT2D eigenvalue weighted by Crippen LogP contribution is 2.31. The fourth-order valence-corrected chi connectivity index (χ4v) is 3.13. The van der Waals surface area contributed by atoms with Crippen molar-refractivity contribution in [1.29, 1.82) is 0 Å². The number of hydrogen-bond donors (Lipinski definition) is 1. The Labute approximate surface area is 154 Å². The van der Waals surface area contributed by atoms with E-state index in [1.165, 1.54) is 37.4 Å². The predicted octanol–water partition coefficient (Wildman–Crippen LogP) is 2.94. The molecule has 0 fully saturated rings. The lowest BCUT2D eigenvalue weighted by molar-refractivity contribution is -0.388. The van der Waals surface area contributed by atoms with Crippen molar-refractivity contribution in [3.8, 4) is 11.5 Å². The van der Waals surface area contributed by atoms with Crippen LogP contribution in [0.5, 0.6) is 11.5 Å². The van der Waals surface area contributed by atoms with Crippen molar-refractivity contribution >= 4 is 27.6 Å². The first kappa shape index (κ1) is 20.0. The van der Waals surface area contributed by atoms with Crippen molar-refractivity contribution in [1.82, 2.24) is 0 Å². The number of ether oxygens (including phenoxy) is 2. The highest BCUT2D eigenvalue weighted by atomic mass is 32.2. The summed E-state index contributed by atoms with van der Waals surface area (Å²) in [5.74, 6) is -0.0179. The van der Waals surface area contributed by atoms with E-state index < -0.39 is 31.7 Å². The molecular formula is C16H16N2O8S. The van der Waals surface area contributed by atoms with Crippen LogP contribution in [0.2, 0.25) is 0 Å². The molecule has 0 aliphatic heterocycles. The van der Waals surface area contributed by atoms with E-state index in [9.17, 15) is 23.3 Å². The average molecular weight is 396 g/mol. The normalized spacial score (nSPS) is 10.7. The summed E-state index contributed by atoms with van der Waals surface area (Å²) in [6, 6.07) is 8.76. The van der Waals surface area contributed by atoms with Gasteiger partial charge >= 0.3 is 16.2 Å². The molecular weight excluding hydrogens is 380 g/mol. The van der Waals surface area contributed by atoms with Crippen LogP contribution in [0.15, 0.2) is 47.4 Å². The second kappa shape index (κ2) is 8.36. The van der Waals surface area contributed by atoms with E-state index in [0.717, 1.165) is 12.1 Å². The number of carbonyl (C=O) groups is 1. The molecule has 0 spiro atoms. The summed E-state index contributed by atoms with van der Waals surface area (Å²) < 4.78 is 39.5. The van der Waals surface area contributed by atoms with Crippen molar-refractivity contribution in [2.75, 3.05) is 19.0 Å². The molecule has 2 aromatic carbocycles. The Hall–Kier alpha value is -3.34. The lowest BCUT2D eigenvalue weighted by Crippen LogP contribution is -2.14. The zero-order valence-corrected chi connectivity index (χ0v) is 15.2. The molecule has 0 bridgehead atoms. The van der Waals surface area contributed by atoms with Gasteiger partial charge in [0.25, 0.3) is 5.69 Å². The van der Waals surface area contributed by atoms with Gasteiger partial charge in [-0.25, -0.2) is 4.79 Å². The summed E-state index contributed by atoms with van der Waals surface area (Å²) in [5, 5.41) is 13.6. The number of anilines is 1. The maximum absolute atomic E-state index is 12.5. The van der Waals surface area contributed by atoms with Crippen LogP contribution in [-0.4, -0.2) is 33.2 Å². The lowest BCUT2D eigenvalue weighted by atomic mass is 10.3. The Morgan fingerprint density at radius 2 is 1.93 bits per heavy atom. The first-order chi connectivity index (χ1) is 12.8. The number of rotatable bonds is 7. The SMILES string of the molecule is CCOC(=O)Nc1cccc(OS(=O)(=O)c2ccc(OC)cc2[N+](=O)[O-])c1. The Morgan fingerprint density at radius 1 is 1.19 bits per heavy atom. The Kier molecular flexibility index (Phi) is 6.19. The third kappa shape index (κ3) is 5.07. The number of amides is 1. The van der Waals surface area contributed by atoms with Crippen LogP contribution >= 0.6 is 0 Å². The minimum Gasteiger partial charge on any atom is -0.497 e. The highest BCUT2D eigenvalue weighted by Gasteiger charge is 2.28. The van der Waals surface area contributed by atoms with E-state index in [4.69, 9.17) is 13.7 Å². The van der Waals surface area contributed by atoms with Crippen LogP contribution in [0.3, 0.4) is 0 Å². The Bertz CT molecular complexity index is 959. The quantitative estimate of drug-likeness (QED) is 0.429. The summed E-state index contributed by atoms with van der Waals surface area (Å²) in [7, 11) is -3.21. The first-order valence-corrected chi connectivity index (χ1v) is 8.98. The topological polar surface area (TPSA) is 134 Å². The maximum Gasteiger partial charge on any atom is 0.411 e. The third-order valence-corrected chi connectivity index (χ3v) is 4.49. The van der Waals surface area contributed by atoms with Crippen LogP contribution in [0.1, 0.15) is 6.92 Å². The molecule has 0 aromatic heterocycles. The van der Waals surface area contributed by atoms with Gasteiger partial charge in [-0.1, -0.05) is 6.07 Å². The molecule has 144 valence electrons. The van der Waals surface area contributed by atoms with Crippen molar-refractivity contribution in [2.24, 2.45) is 0 Å².